The van der Waals surface area contributed by atoms with Crippen LogP contribution in [0.15, 0.2) is 22.7 Å². The molecule has 1 aromatic carbocycles. The maximum absolute atomic E-state index is 8.59. The average molecular weight is 188 g/mol. The standard InChI is InChI=1S/C10H8N2O2/c1-13-8-3-2-4-9-10(8)7(5-6-11)12-14-9/h2-4H,5H2,1H3. The maximum Gasteiger partial charge on any atom is 0.170 e. The minimum absolute atomic E-state index is 0.230. The van der Waals surface area contributed by atoms with E-state index in [9.17, 15) is 0 Å². The number of methoxy groups -OCH3 is 1. The second kappa shape index (κ2) is 3.38. The van der Waals surface area contributed by atoms with Crippen LogP contribution >= 0.6 is 0 Å². The van der Waals surface area contributed by atoms with E-state index < -0.39 is 0 Å². The third kappa shape index (κ3) is 1.19. The summed E-state index contributed by atoms with van der Waals surface area (Å²) in [6.07, 6.45) is 0.230. The van der Waals surface area contributed by atoms with E-state index in [0.717, 1.165) is 5.39 Å². The molecule has 0 bridgehead atoms. The Morgan fingerprint density at radius 3 is 3.14 bits per heavy atom. The molecule has 0 amide bonds. The van der Waals surface area contributed by atoms with Crippen molar-refractivity contribution >= 4 is 11.0 Å². The van der Waals surface area contributed by atoms with Crippen LogP contribution in [0.1, 0.15) is 5.69 Å². The first kappa shape index (κ1) is 8.57. The van der Waals surface area contributed by atoms with Crippen molar-refractivity contribution in [3.05, 3.63) is 23.9 Å². The van der Waals surface area contributed by atoms with Crippen LogP contribution in [-0.4, -0.2) is 12.3 Å². The summed E-state index contributed by atoms with van der Waals surface area (Å²) in [6, 6.07) is 7.47. The van der Waals surface area contributed by atoms with Gasteiger partial charge in [0.2, 0.25) is 0 Å². The highest BCUT2D eigenvalue weighted by Gasteiger charge is 2.11. The second-order valence-electron chi connectivity index (χ2n) is 2.80. The van der Waals surface area contributed by atoms with Gasteiger partial charge < -0.3 is 9.26 Å². The summed E-state index contributed by atoms with van der Waals surface area (Å²) < 4.78 is 10.2. The number of ether oxygens (including phenoxy) is 1. The van der Waals surface area contributed by atoms with Crippen LogP contribution in [0.2, 0.25) is 0 Å². The maximum atomic E-state index is 8.59. The van der Waals surface area contributed by atoms with Gasteiger partial charge in [0.05, 0.1) is 25.0 Å². The zero-order valence-electron chi connectivity index (χ0n) is 7.65. The Balaban J connectivity index is 2.69. The Morgan fingerprint density at radius 1 is 1.57 bits per heavy atom. The molecule has 70 valence electrons. The molecule has 0 aliphatic rings. The first-order valence-electron chi connectivity index (χ1n) is 4.15. The average Bonchev–Trinajstić information content (AvgIpc) is 2.62. The van der Waals surface area contributed by atoms with Crippen LogP contribution in [0.3, 0.4) is 0 Å². The SMILES string of the molecule is COc1cccc2onc(CC#N)c12. The topological polar surface area (TPSA) is 59.1 Å². The third-order valence-electron chi connectivity index (χ3n) is 2.00. The van der Waals surface area contributed by atoms with E-state index in [1.54, 1.807) is 13.2 Å². The lowest BCUT2D eigenvalue weighted by Crippen LogP contribution is -1.87. The molecule has 0 saturated carbocycles. The molecule has 0 saturated heterocycles. The Bertz CT molecular complexity index is 496. The molecular formula is C10H8N2O2. The summed E-state index contributed by atoms with van der Waals surface area (Å²) in [6.45, 7) is 0. The third-order valence-corrected chi connectivity index (χ3v) is 2.00. The molecule has 0 unspecified atom stereocenters. The number of benzene rings is 1. The quantitative estimate of drug-likeness (QED) is 0.722. The van der Waals surface area contributed by atoms with Gasteiger partial charge in [0.25, 0.3) is 0 Å². The molecule has 2 aromatic rings. The summed E-state index contributed by atoms with van der Waals surface area (Å²) in [4.78, 5) is 0. The van der Waals surface area contributed by atoms with Crippen molar-refractivity contribution in [1.29, 1.82) is 5.26 Å². The Kier molecular flexibility index (Phi) is 2.07. The van der Waals surface area contributed by atoms with Gasteiger partial charge in [0.15, 0.2) is 5.58 Å². The van der Waals surface area contributed by atoms with Crippen molar-refractivity contribution in [2.75, 3.05) is 7.11 Å². The van der Waals surface area contributed by atoms with Gasteiger partial charge in [-0.1, -0.05) is 11.2 Å². The molecule has 1 aromatic heterocycles. The highest BCUT2D eigenvalue weighted by molar-refractivity contribution is 5.86. The molecule has 0 fully saturated rings. The lowest BCUT2D eigenvalue weighted by atomic mass is 10.1. The largest absolute Gasteiger partial charge is 0.496 e. The van der Waals surface area contributed by atoms with E-state index in [1.165, 1.54) is 0 Å². The van der Waals surface area contributed by atoms with Crippen LogP contribution in [0.25, 0.3) is 11.0 Å². The van der Waals surface area contributed by atoms with Crippen molar-refractivity contribution < 1.29 is 9.26 Å². The zero-order chi connectivity index (χ0) is 9.97. The fourth-order valence-electron chi connectivity index (χ4n) is 1.39. The van der Waals surface area contributed by atoms with E-state index in [1.807, 2.05) is 18.2 Å². The van der Waals surface area contributed by atoms with Gasteiger partial charge in [-0.05, 0) is 12.1 Å². The van der Waals surface area contributed by atoms with Crippen LogP contribution in [0.5, 0.6) is 5.75 Å². The van der Waals surface area contributed by atoms with Gasteiger partial charge in [-0.3, -0.25) is 0 Å². The lowest BCUT2D eigenvalue weighted by molar-refractivity contribution is 0.419. The summed E-state index contributed by atoms with van der Waals surface area (Å²) in [5, 5.41) is 13.2. The highest BCUT2D eigenvalue weighted by Crippen LogP contribution is 2.28. The van der Waals surface area contributed by atoms with Crippen molar-refractivity contribution in [2.45, 2.75) is 6.42 Å². The number of nitriles is 1. The van der Waals surface area contributed by atoms with Gasteiger partial charge in [0.1, 0.15) is 11.4 Å². The van der Waals surface area contributed by atoms with Crippen LogP contribution in [0, 0.1) is 11.3 Å². The van der Waals surface area contributed by atoms with Gasteiger partial charge in [-0.2, -0.15) is 5.26 Å². The van der Waals surface area contributed by atoms with Crippen LogP contribution < -0.4 is 4.74 Å². The molecular weight excluding hydrogens is 180 g/mol. The van der Waals surface area contributed by atoms with Crippen molar-refractivity contribution in [3.63, 3.8) is 0 Å². The van der Waals surface area contributed by atoms with Crippen LogP contribution in [-0.2, 0) is 6.42 Å². The van der Waals surface area contributed by atoms with Crippen molar-refractivity contribution in [1.82, 2.24) is 5.16 Å². The number of aromatic nitrogens is 1. The number of hydrogen-bond donors (Lipinski definition) is 0. The smallest absolute Gasteiger partial charge is 0.170 e. The van der Waals surface area contributed by atoms with Gasteiger partial charge in [-0.15, -0.1) is 0 Å². The summed E-state index contributed by atoms with van der Waals surface area (Å²) >= 11 is 0. The molecule has 1 heterocycles. The predicted octanol–water partition coefficient (Wildman–Crippen LogP) is 1.90. The zero-order valence-corrected chi connectivity index (χ0v) is 7.65. The molecule has 4 nitrogen and oxygen atoms in total. The lowest BCUT2D eigenvalue weighted by Gasteiger charge is -1.99. The van der Waals surface area contributed by atoms with E-state index >= 15 is 0 Å². The fourth-order valence-corrected chi connectivity index (χ4v) is 1.39. The second-order valence-corrected chi connectivity index (χ2v) is 2.80. The fraction of sp³-hybridized carbons (Fsp3) is 0.200. The van der Waals surface area contributed by atoms with Crippen LogP contribution in [0.4, 0.5) is 0 Å². The van der Waals surface area contributed by atoms with E-state index in [-0.39, 0.29) is 6.42 Å². The van der Waals surface area contributed by atoms with E-state index in [2.05, 4.69) is 5.16 Å². The van der Waals surface area contributed by atoms with E-state index in [0.29, 0.717) is 17.0 Å². The highest BCUT2D eigenvalue weighted by atomic mass is 16.5. The van der Waals surface area contributed by atoms with Gasteiger partial charge in [0, 0.05) is 0 Å². The minimum Gasteiger partial charge on any atom is -0.496 e. The predicted molar refractivity (Wildman–Crippen MR) is 49.9 cm³/mol. The molecule has 0 aliphatic carbocycles. The molecule has 0 aliphatic heterocycles. The van der Waals surface area contributed by atoms with Crippen molar-refractivity contribution in [3.8, 4) is 11.8 Å². The summed E-state index contributed by atoms with van der Waals surface area (Å²) in [5.74, 6) is 0.689. The molecule has 0 N–H and O–H groups in total. The summed E-state index contributed by atoms with van der Waals surface area (Å²) in [5.41, 5.74) is 1.27. The Labute approximate surface area is 80.7 Å². The number of nitrogens with zero attached hydrogens (tertiary/aromatic N) is 2. The molecule has 4 heteroatoms. The Hall–Kier alpha value is -2.02. The van der Waals surface area contributed by atoms with Crippen molar-refractivity contribution in [2.24, 2.45) is 0 Å². The number of hydrogen-bond acceptors (Lipinski definition) is 4. The minimum atomic E-state index is 0.230. The Morgan fingerprint density at radius 2 is 2.43 bits per heavy atom. The first-order valence-corrected chi connectivity index (χ1v) is 4.15. The first-order chi connectivity index (χ1) is 6.86. The number of fused-ring (bicyclic) bond motifs is 1. The van der Waals surface area contributed by atoms with Gasteiger partial charge in [-0.25, -0.2) is 0 Å². The molecule has 14 heavy (non-hydrogen) atoms. The van der Waals surface area contributed by atoms with Gasteiger partial charge >= 0.3 is 0 Å². The normalized spacial score (nSPS) is 10.0. The monoisotopic (exact) mass is 188 g/mol. The number of rotatable bonds is 2. The molecule has 2 rings (SSSR count). The molecule has 0 spiro atoms. The summed E-state index contributed by atoms with van der Waals surface area (Å²) in [7, 11) is 1.58. The van der Waals surface area contributed by atoms with E-state index in [4.69, 9.17) is 14.5 Å². The molecule has 0 radical (unpaired) electrons. The molecule has 0 atom stereocenters.